The lowest BCUT2D eigenvalue weighted by molar-refractivity contribution is 0.569. The molecule has 1 unspecified atom stereocenters. The van der Waals surface area contributed by atoms with Crippen LogP contribution >= 0.6 is 27.5 Å². The molecule has 0 amide bonds. The molecule has 0 aliphatic carbocycles. The Hall–Kier alpha value is -0.840. The molecule has 1 N–H and O–H groups in total. The zero-order valence-electron chi connectivity index (χ0n) is 11.2. The average Bonchev–Trinajstić information content (AvgIpc) is 2.71. The van der Waals surface area contributed by atoms with Gasteiger partial charge in [-0.25, -0.2) is 0 Å². The van der Waals surface area contributed by atoms with Gasteiger partial charge in [0.15, 0.2) is 0 Å². The van der Waals surface area contributed by atoms with E-state index in [0.29, 0.717) is 0 Å². The van der Waals surface area contributed by atoms with Gasteiger partial charge in [0.1, 0.15) is 0 Å². The summed E-state index contributed by atoms with van der Waals surface area (Å²) in [5.74, 6) is 0. The van der Waals surface area contributed by atoms with Gasteiger partial charge in [-0.1, -0.05) is 27.5 Å². The zero-order chi connectivity index (χ0) is 14.0. The molecule has 0 aliphatic heterocycles. The minimum atomic E-state index is 0.250. The molecule has 1 aromatic carbocycles. The van der Waals surface area contributed by atoms with Gasteiger partial charge < -0.3 is 5.32 Å². The highest BCUT2D eigenvalue weighted by Gasteiger charge is 2.12. The normalized spacial score (nSPS) is 12.7. The van der Waals surface area contributed by atoms with Crippen molar-refractivity contribution >= 4 is 27.5 Å². The van der Waals surface area contributed by atoms with Crippen molar-refractivity contribution in [2.24, 2.45) is 7.05 Å². The predicted octanol–water partition coefficient (Wildman–Crippen LogP) is 4.00. The van der Waals surface area contributed by atoms with Crippen LogP contribution < -0.4 is 5.32 Å². The van der Waals surface area contributed by atoms with Gasteiger partial charge in [-0.05, 0) is 37.6 Å². The maximum absolute atomic E-state index is 6.02. The van der Waals surface area contributed by atoms with Crippen LogP contribution in [0.4, 0.5) is 0 Å². The fourth-order valence-electron chi connectivity index (χ4n) is 1.99. The molecule has 0 radical (unpaired) electrons. The maximum atomic E-state index is 6.02. The van der Waals surface area contributed by atoms with Crippen LogP contribution in [0.15, 0.2) is 28.9 Å². The largest absolute Gasteiger partial charge is 0.306 e. The second kappa shape index (κ2) is 6.07. The van der Waals surface area contributed by atoms with Crippen molar-refractivity contribution in [2.45, 2.75) is 26.4 Å². The van der Waals surface area contributed by atoms with Gasteiger partial charge in [0.05, 0.1) is 6.20 Å². The number of hydrogen-bond donors (Lipinski definition) is 1. The Balaban J connectivity index is 2.06. The van der Waals surface area contributed by atoms with E-state index >= 15 is 0 Å². The van der Waals surface area contributed by atoms with E-state index in [1.807, 2.05) is 36.1 Å². The second-order valence-electron chi connectivity index (χ2n) is 4.65. The Bertz CT molecular complexity index is 580. The van der Waals surface area contributed by atoms with Gasteiger partial charge >= 0.3 is 0 Å². The van der Waals surface area contributed by atoms with Crippen molar-refractivity contribution in [1.29, 1.82) is 0 Å². The molecule has 0 bridgehead atoms. The number of rotatable bonds is 4. The summed E-state index contributed by atoms with van der Waals surface area (Å²) in [7, 11) is 1.96. The first kappa shape index (κ1) is 14.6. The van der Waals surface area contributed by atoms with E-state index in [0.717, 1.165) is 21.6 Å². The lowest BCUT2D eigenvalue weighted by Crippen LogP contribution is -2.18. The lowest BCUT2D eigenvalue weighted by Gasteiger charge is -2.14. The van der Waals surface area contributed by atoms with Crippen molar-refractivity contribution in [3.8, 4) is 0 Å². The summed E-state index contributed by atoms with van der Waals surface area (Å²) in [6.45, 7) is 4.98. The van der Waals surface area contributed by atoms with Crippen LogP contribution in [0, 0.1) is 6.92 Å². The highest BCUT2D eigenvalue weighted by molar-refractivity contribution is 9.10. The molecule has 1 heterocycles. The van der Waals surface area contributed by atoms with E-state index in [2.05, 4.69) is 40.2 Å². The predicted molar refractivity (Wildman–Crippen MR) is 82.4 cm³/mol. The van der Waals surface area contributed by atoms with Crippen LogP contribution in [0.3, 0.4) is 0 Å². The number of nitrogens with zero attached hydrogens (tertiary/aromatic N) is 2. The number of aromatic nitrogens is 2. The summed E-state index contributed by atoms with van der Waals surface area (Å²) >= 11 is 9.56. The molecular weight excluding hydrogens is 326 g/mol. The van der Waals surface area contributed by atoms with E-state index < -0.39 is 0 Å². The molecule has 0 fully saturated rings. The van der Waals surface area contributed by atoms with Crippen LogP contribution in [0.25, 0.3) is 0 Å². The van der Waals surface area contributed by atoms with Gasteiger partial charge in [-0.15, -0.1) is 0 Å². The molecule has 2 rings (SSSR count). The summed E-state index contributed by atoms with van der Waals surface area (Å²) in [6.07, 6.45) is 1.92. The molecule has 2 aromatic rings. The first-order valence-corrected chi connectivity index (χ1v) is 7.32. The average molecular weight is 343 g/mol. The monoisotopic (exact) mass is 341 g/mol. The third-order valence-corrected chi connectivity index (χ3v) is 4.35. The van der Waals surface area contributed by atoms with Gasteiger partial charge in [0, 0.05) is 40.4 Å². The number of halogens is 2. The van der Waals surface area contributed by atoms with Crippen LogP contribution in [0.2, 0.25) is 5.02 Å². The Labute approximate surface area is 127 Å². The molecule has 19 heavy (non-hydrogen) atoms. The smallest absolute Gasteiger partial charge is 0.0540 e. The highest BCUT2D eigenvalue weighted by Crippen LogP contribution is 2.22. The molecule has 102 valence electrons. The number of benzene rings is 1. The summed E-state index contributed by atoms with van der Waals surface area (Å²) in [6, 6.07) is 6.07. The third-order valence-electron chi connectivity index (χ3n) is 3.35. The number of aryl methyl sites for hydroxylation is 1. The number of nitrogens with one attached hydrogen (secondary N) is 1. The van der Waals surface area contributed by atoms with Crippen LogP contribution in [-0.2, 0) is 13.6 Å². The van der Waals surface area contributed by atoms with Crippen molar-refractivity contribution in [3.63, 3.8) is 0 Å². The zero-order valence-corrected chi connectivity index (χ0v) is 13.6. The molecule has 1 aromatic heterocycles. The molecule has 0 spiro atoms. The van der Waals surface area contributed by atoms with Gasteiger partial charge in [0.25, 0.3) is 0 Å². The lowest BCUT2D eigenvalue weighted by atomic mass is 10.1. The van der Waals surface area contributed by atoms with E-state index in [4.69, 9.17) is 11.6 Å². The van der Waals surface area contributed by atoms with Crippen molar-refractivity contribution in [3.05, 3.63) is 50.7 Å². The van der Waals surface area contributed by atoms with E-state index in [1.165, 1.54) is 11.3 Å². The van der Waals surface area contributed by atoms with Crippen LogP contribution in [0.1, 0.15) is 29.8 Å². The van der Waals surface area contributed by atoms with E-state index in [-0.39, 0.29) is 6.04 Å². The minimum Gasteiger partial charge on any atom is -0.306 e. The SMILES string of the molecule is Cc1c(C(C)NCc2cc(Cl)ccc2Br)cnn1C. The quantitative estimate of drug-likeness (QED) is 0.910. The fourth-order valence-corrected chi connectivity index (χ4v) is 2.57. The van der Waals surface area contributed by atoms with E-state index in [1.54, 1.807) is 0 Å². The van der Waals surface area contributed by atoms with Crippen LogP contribution in [0.5, 0.6) is 0 Å². The second-order valence-corrected chi connectivity index (χ2v) is 5.94. The summed E-state index contributed by atoms with van der Waals surface area (Å²) in [4.78, 5) is 0. The molecular formula is C14H17BrClN3. The molecule has 0 aliphatic rings. The topological polar surface area (TPSA) is 29.9 Å². The summed E-state index contributed by atoms with van der Waals surface area (Å²) < 4.78 is 2.96. The maximum Gasteiger partial charge on any atom is 0.0540 e. The first-order valence-electron chi connectivity index (χ1n) is 6.15. The Morgan fingerprint density at radius 1 is 1.47 bits per heavy atom. The molecule has 1 atom stereocenters. The standard InChI is InChI=1S/C14H17BrClN3/c1-9(13-8-18-19(3)10(13)2)17-7-11-6-12(16)4-5-14(11)15/h4-6,8-9,17H,7H2,1-3H3. The van der Waals surface area contributed by atoms with Crippen molar-refractivity contribution < 1.29 is 0 Å². The highest BCUT2D eigenvalue weighted by atomic mass is 79.9. The molecule has 0 saturated carbocycles. The molecule has 5 heteroatoms. The van der Waals surface area contributed by atoms with Gasteiger partial charge in [0.2, 0.25) is 0 Å². The van der Waals surface area contributed by atoms with E-state index in [9.17, 15) is 0 Å². The minimum absolute atomic E-state index is 0.250. The Morgan fingerprint density at radius 3 is 2.84 bits per heavy atom. The molecule has 0 saturated heterocycles. The van der Waals surface area contributed by atoms with Gasteiger partial charge in [-0.2, -0.15) is 5.10 Å². The van der Waals surface area contributed by atoms with Crippen molar-refractivity contribution in [2.75, 3.05) is 0 Å². The third kappa shape index (κ3) is 3.38. The number of hydrogen-bond acceptors (Lipinski definition) is 2. The fraction of sp³-hybridized carbons (Fsp3) is 0.357. The summed E-state index contributed by atoms with van der Waals surface area (Å²) in [5, 5.41) is 8.52. The Kier molecular flexibility index (Phi) is 4.66. The first-order chi connectivity index (χ1) is 8.99. The summed E-state index contributed by atoms with van der Waals surface area (Å²) in [5.41, 5.74) is 3.56. The van der Waals surface area contributed by atoms with Gasteiger partial charge in [-0.3, -0.25) is 4.68 Å². The van der Waals surface area contributed by atoms with Crippen molar-refractivity contribution in [1.82, 2.24) is 15.1 Å². The molecule has 3 nitrogen and oxygen atoms in total. The van der Waals surface area contributed by atoms with Crippen LogP contribution in [-0.4, -0.2) is 9.78 Å². The Morgan fingerprint density at radius 2 is 2.21 bits per heavy atom.